The molecule has 1 aliphatic rings. The fourth-order valence-electron chi connectivity index (χ4n) is 2.48. The molecule has 1 unspecified atom stereocenters. The first-order valence-electron chi connectivity index (χ1n) is 6.24. The summed E-state index contributed by atoms with van der Waals surface area (Å²) in [5.41, 5.74) is 2.73. The van der Waals surface area contributed by atoms with Crippen LogP contribution in [0.4, 0.5) is 0 Å². The Morgan fingerprint density at radius 3 is 2.94 bits per heavy atom. The van der Waals surface area contributed by atoms with E-state index in [4.69, 9.17) is 4.42 Å². The minimum Gasteiger partial charge on any atom is -0.469 e. The maximum absolute atomic E-state index is 5.49. The van der Waals surface area contributed by atoms with E-state index in [9.17, 15) is 0 Å². The van der Waals surface area contributed by atoms with E-state index in [1.807, 2.05) is 0 Å². The number of furan rings is 1. The molecular weight excluding hydrogens is 210 g/mol. The molecule has 17 heavy (non-hydrogen) atoms. The maximum atomic E-state index is 5.49. The molecule has 1 N–H and O–H groups in total. The summed E-state index contributed by atoms with van der Waals surface area (Å²) >= 11 is 0. The summed E-state index contributed by atoms with van der Waals surface area (Å²) < 4.78 is 5.49. The van der Waals surface area contributed by atoms with Crippen LogP contribution >= 0.6 is 0 Å². The first-order valence-corrected chi connectivity index (χ1v) is 6.24. The molecule has 0 bridgehead atoms. The largest absolute Gasteiger partial charge is 0.469 e. The topological polar surface area (TPSA) is 25.2 Å². The third-order valence-corrected chi connectivity index (χ3v) is 3.46. The molecule has 0 saturated carbocycles. The molecule has 1 aliphatic heterocycles. The smallest absolute Gasteiger partial charge is 0.108 e. The van der Waals surface area contributed by atoms with E-state index in [2.05, 4.69) is 41.7 Å². The average Bonchev–Trinajstić information content (AvgIpc) is 2.74. The van der Waals surface area contributed by atoms with E-state index >= 15 is 0 Å². The van der Waals surface area contributed by atoms with Crippen LogP contribution in [0.1, 0.15) is 23.3 Å². The lowest BCUT2D eigenvalue weighted by atomic mass is 10.0. The Kier molecular flexibility index (Phi) is 2.97. The lowest BCUT2D eigenvalue weighted by molar-refractivity contribution is 0.465. The molecule has 1 aromatic carbocycles. The van der Waals surface area contributed by atoms with E-state index in [-0.39, 0.29) is 0 Å². The molecule has 1 aromatic heterocycles. The van der Waals surface area contributed by atoms with Gasteiger partial charge in [-0.3, -0.25) is 0 Å². The Bertz CT molecular complexity index is 452. The van der Waals surface area contributed by atoms with Crippen LogP contribution in [0, 0.1) is 0 Å². The van der Waals surface area contributed by atoms with Crippen LogP contribution < -0.4 is 5.32 Å². The predicted octanol–water partition coefficient (Wildman–Crippen LogP) is 2.93. The molecule has 3 rings (SSSR count). The highest BCUT2D eigenvalue weighted by atomic mass is 16.3. The van der Waals surface area contributed by atoms with Crippen molar-refractivity contribution >= 4 is 0 Å². The van der Waals surface area contributed by atoms with Crippen molar-refractivity contribution in [1.29, 1.82) is 0 Å². The summed E-state index contributed by atoms with van der Waals surface area (Å²) in [5.74, 6) is 1.16. The minimum atomic E-state index is 0.556. The van der Waals surface area contributed by atoms with Gasteiger partial charge in [-0.1, -0.05) is 30.3 Å². The van der Waals surface area contributed by atoms with Gasteiger partial charge in [0.25, 0.3) is 0 Å². The molecule has 2 heterocycles. The summed E-state index contributed by atoms with van der Waals surface area (Å²) in [5, 5.41) is 3.61. The number of hydrogen-bond donors (Lipinski definition) is 1. The Hall–Kier alpha value is -1.54. The van der Waals surface area contributed by atoms with Crippen molar-refractivity contribution < 1.29 is 4.42 Å². The molecule has 0 spiro atoms. The van der Waals surface area contributed by atoms with Gasteiger partial charge < -0.3 is 9.73 Å². The van der Waals surface area contributed by atoms with Gasteiger partial charge in [0.2, 0.25) is 0 Å². The van der Waals surface area contributed by atoms with Gasteiger partial charge in [0.05, 0.1) is 6.26 Å². The van der Waals surface area contributed by atoms with Crippen LogP contribution in [0.15, 0.2) is 47.1 Å². The Morgan fingerprint density at radius 2 is 2.06 bits per heavy atom. The number of fused-ring (bicyclic) bond motifs is 1. The second-order valence-electron chi connectivity index (χ2n) is 4.68. The third-order valence-electron chi connectivity index (χ3n) is 3.46. The third kappa shape index (κ3) is 2.42. The van der Waals surface area contributed by atoms with Crippen molar-refractivity contribution in [3.63, 3.8) is 0 Å². The number of rotatable bonds is 2. The molecule has 88 valence electrons. The zero-order valence-corrected chi connectivity index (χ0v) is 9.86. The highest BCUT2D eigenvalue weighted by Gasteiger charge is 2.17. The summed E-state index contributed by atoms with van der Waals surface area (Å²) in [6, 6.07) is 13.3. The van der Waals surface area contributed by atoms with Gasteiger partial charge in [0.1, 0.15) is 5.76 Å². The normalized spacial score (nSPS) is 19.6. The first-order chi connectivity index (χ1) is 8.42. The van der Waals surface area contributed by atoms with Crippen molar-refractivity contribution in [2.75, 3.05) is 0 Å². The molecular formula is C15H17NO. The number of aryl methyl sites for hydroxylation is 1. The van der Waals surface area contributed by atoms with Crippen molar-refractivity contribution in [3.05, 3.63) is 59.5 Å². The van der Waals surface area contributed by atoms with Crippen LogP contribution in [0.2, 0.25) is 0 Å². The average molecular weight is 227 g/mol. The molecule has 1 atom stereocenters. The number of nitrogens with one attached hydrogen (secondary N) is 1. The fraction of sp³-hybridized carbons (Fsp3) is 0.333. The van der Waals surface area contributed by atoms with Crippen molar-refractivity contribution in [2.24, 2.45) is 0 Å². The van der Waals surface area contributed by atoms with Crippen LogP contribution in [0.5, 0.6) is 0 Å². The Morgan fingerprint density at radius 1 is 1.18 bits per heavy atom. The van der Waals surface area contributed by atoms with Crippen LogP contribution in [0.25, 0.3) is 0 Å². The second-order valence-corrected chi connectivity index (χ2v) is 4.68. The van der Waals surface area contributed by atoms with E-state index in [1.54, 1.807) is 6.26 Å². The van der Waals surface area contributed by atoms with E-state index < -0.39 is 0 Å². The van der Waals surface area contributed by atoms with Gasteiger partial charge in [-0.25, -0.2) is 0 Å². The lowest BCUT2D eigenvalue weighted by Crippen LogP contribution is -2.29. The van der Waals surface area contributed by atoms with Crippen LogP contribution in [-0.4, -0.2) is 6.04 Å². The molecule has 0 aliphatic carbocycles. The lowest BCUT2D eigenvalue weighted by Gasteiger charge is -2.15. The monoisotopic (exact) mass is 227 g/mol. The fourth-order valence-corrected chi connectivity index (χ4v) is 2.48. The van der Waals surface area contributed by atoms with Gasteiger partial charge in [-0.05, 0) is 24.5 Å². The number of hydrogen-bond acceptors (Lipinski definition) is 2. The highest BCUT2D eigenvalue weighted by Crippen LogP contribution is 2.19. The Labute approximate surface area is 102 Å². The zero-order chi connectivity index (χ0) is 11.5. The molecule has 2 heteroatoms. The summed E-state index contributed by atoms with van der Waals surface area (Å²) in [6.07, 6.45) is 5.09. The van der Waals surface area contributed by atoms with Crippen molar-refractivity contribution in [3.8, 4) is 0 Å². The summed E-state index contributed by atoms with van der Waals surface area (Å²) in [7, 11) is 0. The van der Waals surface area contributed by atoms with Gasteiger partial charge in [0, 0.05) is 24.6 Å². The number of benzene rings is 1. The van der Waals surface area contributed by atoms with Crippen LogP contribution in [-0.2, 0) is 19.4 Å². The second kappa shape index (κ2) is 4.76. The van der Waals surface area contributed by atoms with E-state index in [1.165, 1.54) is 11.1 Å². The predicted molar refractivity (Wildman–Crippen MR) is 67.8 cm³/mol. The quantitative estimate of drug-likeness (QED) is 0.853. The summed E-state index contributed by atoms with van der Waals surface area (Å²) in [6.45, 7) is 0.934. The van der Waals surface area contributed by atoms with Crippen molar-refractivity contribution in [2.45, 2.75) is 31.8 Å². The molecule has 0 amide bonds. The van der Waals surface area contributed by atoms with Gasteiger partial charge in [0.15, 0.2) is 0 Å². The standard InChI is InChI=1S/C15H17NO/c1-2-4-12(5-3-1)10-14-6-7-15-13(11-16-14)8-9-17-15/h1-5,8-9,14,16H,6-7,10-11H2. The van der Waals surface area contributed by atoms with Gasteiger partial charge >= 0.3 is 0 Å². The van der Waals surface area contributed by atoms with Gasteiger partial charge in [-0.15, -0.1) is 0 Å². The minimum absolute atomic E-state index is 0.556. The zero-order valence-electron chi connectivity index (χ0n) is 9.86. The molecule has 2 nitrogen and oxygen atoms in total. The van der Waals surface area contributed by atoms with E-state index in [0.717, 1.165) is 31.6 Å². The van der Waals surface area contributed by atoms with Gasteiger partial charge in [-0.2, -0.15) is 0 Å². The van der Waals surface area contributed by atoms with Crippen LogP contribution in [0.3, 0.4) is 0 Å². The van der Waals surface area contributed by atoms with E-state index in [0.29, 0.717) is 6.04 Å². The molecule has 0 fully saturated rings. The molecule has 0 radical (unpaired) electrons. The first kappa shape index (κ1) is 10.6. The molecule has 2 aromatic rings. The SMILES string of the molecule is c1ccc(CC2CCc3occc3CN2)cc1. The van der Waals surface area contributed by atoms with Crippen molar-refractivity contribution in [1.82, 2.24) is 5.32 Å². The maximum Gasteiger partial charge on any atom is 0.108 e. The highest BCUT2D eigenvalue weighted by molar-refractivity contribution is 5.20. The summed E-state index contributed by atoms with van der Waals surface area (Å²) in [4.78, 5) is 0. The Balaban J connectivity index is 1.66. The molecule has 0 saturated heterocycles.